The molecule has 5 aromatic carbocycles. The van der Waals surface area contributed by atoms with E-state index in [2.05, 4.69) is 20.4 Å². The largest absolute Gasteiger partial charge is 0.508 e. The zero-order valence-electron chi connectivity index (χ0n) is 32.0. The van der Waals surface area contributed by atoms with Gasteiger partial charge in [0.25, 0.3) is 0 Å². The van der Waals surface area contributed by atoms with Crippen LogP contribution in [-0.4, -0.2) is 44.8 Å². The number of para-hydroxylation sites is 2. The first kappa shape index (κ1) is 39.5. The predicted octanol–water partition coefficient (Wildman–Crippen LogP) is 8.46. The molecule has 0 saturated heterocycles. The molecule has 0 spiro atoms. The summed E-state index contributed by atoms with van der Waals surface area (Å²) in [6.45, 7) is 1.85. The third kappa shape index (κ3) is 8.63. The Bertz CT molecular complexity index is 2640. The van der Waals surface area contributed by atoms with Gasteiger partial charge in [0.05, 0.1) is 16.9 Å². The molecule has 8 rings (SSSR count). The predicted molar refractivity (Wildman–Crippen MR) is 218 cm³/mol. The summed E-state index contributed by atoms with van der Waals surface area (Å²) < 4.78 is 30.9. The second-order valence-corrected chi connectivity index (χ2v) is 14.6. The molecule has 11 nitrogen and oxygen atoms in total. The molecule has 1 aliphatic carbocycles. The van der Waals surface area contributed by atoms with Crippen LogP contribution in [0.2, 0.25) is 0 Å². The van der Waals surface area contributed by atoms with E-state index in [0.29, 0.717) is 35.7 Å². The molecule has 7 aromatic rings. The monoisotopic (exact) mass is 786 g/mol. The second kappa shape index (κ2) is 17.6. The van der Waals surface area contributed by atoms with E-state index in [0.717, 1.165) is 34.1 Å². The summed E-state index contributed by atoms with van der Waals surface area (Å²) in [6, 6.07) is 28.1. The summed E-state index contributed by atoms with van der Waals surface area (Å²) in [5.74, 6) is -0.0478. The van der Waals surface area contributed by atoms with Crippen LogP contribution in [0.25, 0.3) is 34.2 Å². The standard InChI is InChI=1S/C23H26FN3O2.C22H18FN3O3/c1-15-13-21(28)17(12-11-16-7-3-2-4-8-16)14-18(15)22-25-26-23(29)27(22)20-10-6-5-9-19(20)24;23-17-8-4-5-9-18(17)26-21(24-25-22(26)29)16-12-15(19(27)13-20(16)28)11-10-14-6-2-1-3-7-14/h5-6,9-10,13-14,16,28H,2-4,7-8,11-12H2,1H3,(H,26,29);1-9,12-13,27-28H,10-11H2,(H,25,29). The van der Waals surface area contributed by atoms with Gasteiger partial charge in [0, 0.05) is 11.6 Å². The van der Waals surface area contributed by atoms with Gasteiger partial charge in [0.1, 0.15) is 28.9 Å². The lowest BCUT2D eigenvalue weighted by Gasteiger charge is -2.21. The summed E-state index contributed by atoms with van der Waals surface area (Å²) in [5, 5.41) is 44.0. The Morgan fingerprint density at radius 3 is 1.74 bits per heavy atom. The Morgan fingerprint density at radius 2 is 1.14 bits per heavy atom. The average Bonchev–Trinajstić information content (AvgIpc) is 3.80. The van der Waals surface area contributed by atoms with Gasteiger partial charge in [-0.25, -0.2) is 37.7 Å². The lowest BCUT2D eigenvalue weighted by molar-refractivity contribution is 0.337. The maximum atomic E-state index is 14.4. The fourth-order valence-corrected chi connectivity index (χ4v) is 7.61. The van der Waals surface area contributed by atoms with Crippen molar-refractivity contribution >= 4 is 0 Å². The maximum Gasteiger partial charge on any atom is 0.348 e. The number of aryl methyl sites for hydroxylation is 4. The molecular formula is C45H44F2N6O5. The normalized spacial score (nSPS) is 12.9. The number of aromatic amines is 2. The third-order valence-corrected chi connectivity index (χ3v) is 10.7. The maximum absolute atomic E-state index is 14.4. The van der Waals surface area contributed by atoms with Crippen molar-refractivity contribution in [3.8, 4) is 51.4 Å². The molecule has 2 aromatic heterocycles. The molecule has 13 heteroatoms. The van der Waals surface area contributed by atoms with Gasteiger partial charge < -0.3 is 15.3 Å². The van der Waals surface area contributed by atoms with Crippen molar-refractivity contribution < 1.29 is 24.1 Å². The highest BCUT2D eigenvalue weighted by atomic mass is 19.1. The molecule has 0 bridgehead atoms. The molecule has 0 unspecified atom stereocenters. The summed E-state index contributed by atoms with van der Waals surface area (Å²) in [6.07, 6.45) is 9.42. The van der Waals surface area contributed by atoms with E-state index in [1.165, 1.54) is 67.0 Å². The van der Waals surface area contributed by atoms with Crippen LogP contribution in [0, 0.1) is 24.5 Å². The Kier molecular flexibility index (Phi) is 12.0. The van der Waals surface area contributed by atoms with E-state index in [-0.39, 0.29) is 40.0 Å². The summed E-state index contributed by atoms with van der Waals surface area (Å²) in [5.41, 5.74) is 3.26. The Balaban J connectivity index is 0.000000177. The van der Waals surface area contributed by atoms with Crippen LogP contribution in [0.4, 0.5) is 8.78 Å². The van der Waals surface area contributed by atoms with Crippen molar-refractivity contribution in [3.05, 3.63) is 158 Å². The number of hydrogen-bond donors (Lipinski definition) is 5. The topological polar surface area (TPSA) is 162 Å². The van der Waals surface area contributed by atoms with E-state index in [1.54, 1.807) is 36.4 Å². The van der Waals surface area contributed by atoms with E-state index in [4.69, 9.17) is 0 Å². The molecule has 58 heavy (non-hydrogen) atoms. The molecule has 0 amide bonds. The first-order chi connectivity index (χ1) is 28.1. The number of rotatable bonds is 10. The van der Waals surface area contributed by atoms with Crippen LogP contribution in [0.15, 0.2) is 113 Å². The van der Waals surface area contributed by atoms with Gasteiger partial charge in [-0.1, -0.05) is 86.7 Å². The highest BCUT2D eigenvalue weighted by molar-refractivity contribution is 5.69. The number of nitrogens with one attached hydrogen (secondary N) is 2. The summed E-state index contributed by atoms with van der Waals surface area (Å²) in [4.78, 5) is 24.7. The molecular weight excluding hydrogens is 743 g/mol. The van der Waals surface area contributed by atoms with Crippen LogP contribution in [0.1, 0.15) is 60.8 Å². The third-order valence-electron chi connectivity index (χ3n) is 10.7. The number of aromatic nitrogens is 6. The van der Waals surface area contributed by atoms with Gasteiger partial charge in [-0.15, -0.1) is 0 Å². The average molecular weight is 787 g/mol. The molecule has 1 saturated carbocycles. The van der Waals surface area contributed by atoms with E-state index >= 15 is 0 Å². The number of benzene rings is 5. The van der Waals surface area contributed by atoms with Crippen molar-refractivity contribution in [1.29, 1.82) is 0 Å². The molecule has 0 atom stereocenters. The zero-order valence-corrected chi connectivity index (χ0v) is 32.0. The van der Waals surface area contributed by atoms with E-state index in [1.807, 2.05) is 43.3 Å². The minimum Gasteiger partial charge on any atom is -0.508 e. The number of aromatic hydroxyl groups is 3. The highest BCUT2D eigenvalue weighted by Crippen LogP contribution is 2.36. The number of nitrogens with zero attached hydrogens (tertiary/aromatic N) is 4. The smallest absolute Gasteiger partial charge is 0.348 e. The van der Waals surface area contributed by atoms with Gasteiger partial charge in [0.2, 0.25) is 0 Å². The van der Waals surface area contributed by atoms with Crippen LogP contribution < -0.4 is 11.4 Å². The number of H-pyrrole nitrogens is 2. The second-order valence-electron chi connectivity index (χ2n) is 14.6. The molecule has 1 fully saturated rings. The molecule has 2 heterocycles. The Morgan fingerprint density at radius 1 is 0.621 bits per heavy atom. The van der Waals surface area contributed by atoms with Gasteiger partial charge in [-0.3, -0.25) is 0 Å². The number of halogens is 2. The fourth-order valence-electron chi connectivity index (χ4n) is 7.61. The van der Waals surface area contributed by atoms with E-state index < -0.39 is 23.0 Å². The van der Waals surface area contributed by atoms with Gasteiger partial charge in [0.15, 0.2) is 11.6 Å². The molecule has 5 N–H and O–H groups in total. The fraction of sp³-hybridized carbons (Fsp3) is 0.244. The Hall–Kier alpha value is -6.76. The summed E-state index contributed by atoms with van der Waals surface area (Å²) >= 11 is 0. The van der Waals surface area contributed by atoms with Crippen molar-refractivity contribution in [2.24, 2.45) is 5.92 Å². The van der Waals surface area contributed by atoms with E-state index in [9.17, 15) is 33.7 Å². The quantitative estimate of drug-likeness (QED) is 0.0929. The lowest BCUT2D eigenvalue weighted by atomic mass is 9.85. The van der Waals surface area contributed by atoms with Gasteiger partial charge >= 0.3 is 11.4 Å². The Labute approximate surface area is 332 Å². The molecule has 0 radical (unpaired) electrons. The van der Waals surface area contributed by atoms with Crippen molar-refractivity contribution in [1.82, 2.24) is 29.5 Å². The van der Waals surface area contributed by atoms with Crippen LogP contribution >= 0.6 is 0 Å². The van der Waals surface area contributed by atoms with Crippen LogP contribution in [0.3, 0.4) is 0 Å². The minimum atomic E-state index is -0.636. The first-order valence-corrected chi connectivity index (χ1v) is 19.4. The lowest BCUT2D eigenvalue weighted by Crippen LogP contribution is -2.17. The van der Waals surface area contributed by atoms with Crippen LogP contribution in [-0.2, 0) is 19.3 Å². The molecule has 0 aliphatic heterocycles. The van der Waals surface area contributed by atoms with Crippen molar-refractivity contribution in [2.45, 2.75) is 64.7 Å². The number of phenolic OH excluding ortho intramolecular Hbond substituents is 3. The molecule has 298 valence electrons. The minimum absolute atomic E-state index is 0.0135. The highest BCUT2D eigenvalue weighted by Gasteiger charge is 2.22. The SMILES string of the molecule is Cc1cc(O)c(CCC2CCCCC2)cc1-c1n[nH]c(=O)n1-c1ccccc1F.O=c1[nH]nc(-c2cc(CCc3ccccc3)c(O)cc2O)n1-c1ccccc1F. The zero-order chi connectivity index (χ0) is 40.8. The number of hydrogen-bond acceptors (Lipinski definition) is 7. The molecule has 1 aliphatic rings. The first-order valence-electron chi connectivity index (χ1n) is 19.4. The number of phenols is 3. The van der Waals surface area contributed by atoms with Crippen LogP contribution in [0.5, 0.6) is 17.2 Å². The van der Waals surface area contributed by atoms with Crippen molar-refractivity contribution in [2.75, 3.05) is 0 Å². The van der Waals surface area contributed by atoms with Gasteiger partial charge in [-0.05, 0) is 103 Å². The van der Waals surface area contributed by atoms with Gasteiger partial charge in [-0.2, -0.15) is 10.2 Å². The summed E-state index contributed by atoms with van der Waals surface area (Å²) in [7, 11) is 0. The van der Waals surface area contributed by atoms with Crippen molar-refractivity contribution in [3.63, 3.8) is 0 Å².